The second-order valence-electron chi connectivity index (χ2n) is 3.28. The van der Waals surface area contributed by atoms with E-state index >= 15 is 0 Å². The molecule has 0 heterocycles. The molecule has 1 atom stereocenters. The summed E-state index contributed by atoms with van der Waals surface area (Å²) in [5.41, 5.74) is 2.83. The molecule has 0 fully saturated rings. The smallest absolute Gasteiger partial charge is 0.0212 e. The van der Waals surface area contributed by atoms with Crippen LogP contribution in [-0.2, 0) is 0 Å². The average Bonchev–Trinajstić information content (AvgIpc) is 1.86. The monoisotopic (exact) mass is 144 g/mol. The van der Waals surface area contributed by atoms with Gasteiger partial charge in [-0.2, -0.15) is 0 Å². The molecule has 0 bridgehead atoms. The number of hydrogen-bond acceptors (Lipinski definition) is 2. The lowest BCUT2D eigenvalue weighted by Crippen LogP contribution is -2.35. The van der Waals surface area contributed by atoms with Crippen LogP contribution in [-0.4, -0.2) is 6.04 Å². The Morgan fingerprint density at radius 2 is 2.00 bits per heavy atom. The van der Waals surface area contributed by atoms with Crippen LogP contribution < -0.4 is 11.3 Å². The Kier molecular flexibility index (Phi) is 5.64. The fraction of sp³-hybridized carbons (Fsp3) is 1.00. The largest absolute Gasteiger partial charge is 0.271 e. The maximum atomic E-state index is 5.36. The minimum atomic E-state index is 0.519. The van der Waals surface area contributed by atoms with Crippen LogP contribution in [0.15, 0.2) is 0 Å². The van der Waals surface area contributed by atoms with Crippen LogP contribution >= 0.6 is 0 Å². The first-order valence-electron chi connectivity index (χ1n) is 4.16. The molecule has 2 heteroatoms. The number of nitrogens with one attached hydrogen (secondary N) is 1. The molecule has 3 N–H and O–H groups in total. The maximum absolute atomic E-state index is 5.36. The van der Waals surface area contributed by atoms with E-state index < -0.39 is 0 Å². The summed E-state index contributed by atoms with van der Waals surface area (Å²) in [6.45, 7) is 6.63. The molecule has 2 nitrogen and oxygen atoms in total. The molecule has 0 aliphatic carbocycles. The van der Waals surface area contributed by atoms with E-state index in [0.717, 1.165) is 5.92 Å². The Labute approximate surface area is 64.2 Å². The minimum absolute atomic E-state index is 0.519. The van der Waals surface area contributed by atoms with Crippen molar-refractivity contribution in [3.05, 3.63) is 0 Å². The molecule has 62 valence electrons. The summed E-state index contributed by atoms with van der Waals surface area (Å²) in [5.74, 6) is 6.10. The van der Waals surface area contributed by atoms with Gasteiger partial charge < -0.3 is 0 Å². The van der Waals surface area contributed by atoms with Crippen molar-refractivity contribution in [2.45, 2.75) is 46.1 Å². The normalized spacial score (nSPS) is 14.1. The second-order valence-corrected chi connectivity index (χ2v) is 3.28. The second kappa shape index (κ2) is 5.69. The SMILES string of the molecule is CCC[C@H](CC(C)C)NN. The summed E-state index contributed by atoms with van der Waals surface area (Å²) in [7, 11) is 0. The van der Waals surface area contributed by atoms with Gasteiger partial charge in [0.05, 0.1) is 0 Å². The van der Waals surface area contributed by atoms with Crippen molar-refractivity contribution in [2.24, 2.45) is 11.8 Å². The van der Waals surface area contributed by atoms with Gasteiger partial charge in [0.1, 0.15) is 0 Å². The number of hydrogen-bond donors (Lipinski definition) is 2. The van der Waals surface area contributed by atoms with Crippen molar-refractivity contribution in [3.63, 3.8) is 0 Å². The van der Waals surface area contributed by atoms with Crippen molar-refractivity contribution in [2.75, 3.05) is 0 Å². The molecule has 0 aromatic carbocycles. The van der Waals surface area contributed by atoms with Gasteiger partial charge in [0, 0.05) is 6.04 Å². The molecule has 0 aliphatic rings. The lowest BCUT2D eigenvalue weighted by molar-refractivity contribution is 0.402. The molecule has 0 saturated heterocycles. The van der Waals surface area contributed by atoms with Crippen LogP contribution in [0.25, 0.3) is 0 Å². The van der Waals surface area contributed by atoms with Crippen LogP contribution in [0.1, 0.15) is 40.0 Å². The van der Waals surface area contributed by atoms with Crippen LogP contribution in [0.3, 0.4) is 0 Å². The van der Waals surface area contributed by atoms with Gasteiger partial charge in [-0.1, -0.05) is 27.2 Å². The molecule has 0 aromatic heterocycles. The van der Waals surface area contributed by atoms with E-state index in [1.54, 1.807) is 0 Å². The number of rotatable bonds is 5. The van der Waals surface area contributed by atoms with E-state index in [0.29, 0.717) is 6.04 Å². The molecule has 0 spiro atoms. The number of hydrazine groups is 1. The molecule has 0 radical (unpaired) electrons. The molecule has 0 saturated carbocycles. The third-order valence-electron chi connectivity index (χ3n) is 1.63. The van der Waals surface area contributed by atoms with Gasteiger partial charge in [0.25, 0.3) is 0 Å². The first kappa shape index (κ1) is 9.92. The van der Waals surface area contributed by atoms with E-state index in [2.05, 4.69) is 26.2 Å². The lowest BCUT2D eigenvalue weighted by atomic mass is 10.0. The zero-order valence-electron chi connectivity index (χ0n) is 7.35. The summed E-state index contributed by atoms with van der Waals surface area (Å²) < 4.78 is 0. The van der Waals surface area contributed by atoms with E-state index in [1.165, 1.54) is 19.3 Å². The quantitative estimate of drug-likeness (QED) is 0.455. The summed E-state index contributed by atoms with van der Waals surface area (Å²) in [6.07, 6.45) is 3.58. The Hall–Kier alpha value is -0.0800. The van der Waals surface area contributed by atoms with Crippen molar-refractivity contribution in [1.82, 2.24) is 5.43 Å². The van der Waals surface area contributed by atoms with Gasteiger partial charge in [-0.25, -0.2) is 0 Å². The first-order chi connectivity index (χ1) is 4.70. The summed E-state index contributed by atoms with van der Waals surface area (Å²) in [4.78, 5) is 0. The van der Waals surface area contributed by atoms with E-state index in [1.807, 2.05) is 0 Å². The van der Waals surface area contributed by atoms with Crippen LogP contribution in [0, 0.1) is 5.92 Å². The molecule has 0 aliphatic heterocycles. The maximum Gasteiger partial charge on any atom is 0.0212 e. The van der Waals surface area contributed by atoms with Crippen molar-refractivity contribution < 1.29 is 0 Å². The fourth-order valence-corrected chi connectivity index (χ4v) is 1.19. The minimum Gasteiger partial charge on any atom is -0.271 e. The van der Waals surface area contributed by atoms with Crippen LogP contribution in [0.4, 0.5) is 0 Å². The molecule has 10 heavy (non-hydrogen) atoms. The van der Waals surface area contributed by atoms with Crippen molar-refractivity contribution >= 4 is 0 Å². The van der Waals surface area contributed by atoms with E-state index in [4.69, 9.17) is 5.84 Å². The summed E-state index contributed by atoms with van der Waals surface area (Å²) in [5, 5.41) is 0. The van der Waals surface area contributed by atoms with E-state index in [-0.39, 0.29) is 0 Å². The standard InChI is InChI=1S/C8H20N2/c1-4-5-8(10-9)6-7(2)3/h7-8,10H,4-6,9H2,1-3H3/t8-/m1/s1. The van der Waals surface area contributed by atoms with Crippen molar-refractivity contribution in [3.8, 4) is 0 Å². The van der Waals surface area contributed by atoms with Crippen LogP contribution in [0.5, 0.6) is 0 Å². The highest BCUT2D eigenvalue weighted by Crippen LogP contribution is 2.08. The summed E-state index contributed by atoms with van der Waals surface area (Å²) >= 11 is 0. The molecular weight excluding hydrogens is 124 g/mol. The van der Waals surface area contributed by atoms with Gasteiger partial charge in [-0.15, -0.1) is 0 Å². The Morgan fingerprint density at radius 1 is 1.40 bits per heavy atom. The zero-order chi connectivity index (χ0) is 7.98. The van der Waals surface area contributed by atoms with E-state index in [9.17, 15) is 0 Å². The van der Waals surface area contributed by atoms with Gasteiger partial charge in [0.2, 0.25) is 0 Å². The molecule has 0 amide bonds. The third-order valence-corrected chi connectivity index (χ3v) is 1.63. The first-order valence-corrected chi connectivity index (χ1v) is 4.16. The van der Waals surface area contributed by atoms with Gasteiger partial charge >= 0.3 is 0 Å². The Morgan fingerprint density at radius 3 is 2.30 bits per heavy atom. The Bertz CT molecular complexity index is 71.7. The molecule has 0 aromatic rings. The predicted molar refractivity (Wildman–Crippen MR) is 45.5 cm³/mol. The third kappa shape index (κ3) is 4.77. The van der Waals surface area contributed by atoms with Crippen LogP contribution in [0.2, 0.25) is 0 Å². The highest BCUT2D eigenvalue weighted by atomic mass is 15.2. The Balaban J connectivity index is 3.39. The highest BCUT2D eigenvalue weighted by Gasteiger charge is 2.06. The fourth-order valence-electron chi connectivity index (χ4n) is 1.19. The molecule has 0 unspecified atom stereocenters. The van der Waals surface area contributed by atoms with Gasteiger partial charge in [-0.05, 0) is 18.8 Å². The van der Waals surface area contributed by atoms with Gasteiger partial charge in [0.15, 0.2) is 0 Å². The highest BCUT2D eigenvalue weighted by molar-refractivity contribution is 4.63. The zero-order valence-corrected chi connectivity index (χ0v) is 7.35. The number of nitrogens with two attached hydrogens (primary N) is 1. The molecular formula is C8H20N2. The average molecular weight is 144 g/mol. The lowest BCUT2D eigenvalue weighted by Gasteiger charge is -2.16. The topological polar surface area (TPSA) is 38.0 Å². The molecule has 0 rings (SSSR count). The van der Waals surface area contributed by atoms with Crippen molar-refractivity contribution in [1.29, 1.82) is 0 Å². The predicted octanol–water partition coefficient (Wildman–Crippen LogP) is 1.66. The van der Waals surface area contributed by atoms with Gasteiger partial charge in [-0.3, -0.25) is 11.3 Å². The summed E-state index contributed by atoms with van der Waals surface area (Å²) in [6, 6.07) is 0.519.